The molecule has 0 aliphatic carbocycles. The number of nitrogens with two attached hydrogens (primary N) is 1. The van der Waals surface area contributed by atoms with Gasteiger partial charge in [-0.15, -0.1) is 0 Å². The maximum atomic E-state index is 6.15. The fourth-order valence-corrected chi connectivity index (χ4v) is 2.22. The molecule has 0 spiro atoms. The number of nitrogen functional groups attached to an aromatic ring is 1. The highest BCUT2D eigenvalue weighted by atomic mass is 35.5. The first-order valence-corrected chi connectivity index (χ1v) is 6.80. The summed E-state index contributed by atoms with van der Waals surface area (Å²) >= 11 is 6.15. The van der Waals surface area contributed by atoms with E-state index in [1.807, 2.05) is 24.3 Å². The second kappa shape index (κ2) is 6.54. The Hall–Kier alpha value is -1.85. The Labute approximate surface area is 123 Å². The lowest BCUT2D eigenvalue weighted by Crippen LogP contribution is -2.15. The molecule has 1 aromatic heterocycles. The molecule has 20 heavy (non-hydrogen) atoms. The van der Waals surface area contributed by atoms with E-state index >= 15 is 0 Å². The number of hydrogen-bond donors (Lipinski definition) is 3. The molecule has 0 amide bonds. The molecule has 0 aliphatic heterocycles. The molecule has 1 aromatic carbocycles. The maximum Gasteiger partial charge on any atom is 0.148 e. The zero-order valence-corrected chi connectivity index (χ0v) is 12.3. The third kappa shape index (κ3) is 3.18. The molecule has 0 aliphatic rings. The van der Waals surface area contributed by atoms with Crippen LogP contribution in [0.1, 0.15) is 30.9 Å². The van der Waals surface area contributed by atoms with E-state index in [2.05, 4.69) is 34.6 Å². The van der Waals surface area contributed by atoms with Crippen molar-refractivity contribution in [3.05, 3.63) is 46.7 Å². The van der Waals surface area contributed by atoms with Gasteiger partial charge >= 0.3 is 0 Å². The second-order valence-electron chi connectivity index (χ2n) is 4.73. The summed E-state index contributed by atoms with van der Waals surface area (Å²) in [7, 11) is 0. The number of nitrogens with zero attached hydrogens (tertiary/aromatic N) is 2. The predicted molar refractivity (Wildman–Crippen MR) is 82.7 cm³/mol. The summed E-state index contributed by atoms with van der Waals surface area (Å²) in [5.41, 5.74) is 4.59. The molecule has 4 N–H and O–H groups in total. The Kier molecular flexibility index (Phi) is 4.76. The molecule has 0 saturated heterocycles. The quantitative estimate of drug-likeness (QED) is 0.583. The summed E-state index contributed by atoms with van der Waals surface area (Å²) in [6.07, 6.45) is 1.48. The largest absolute Gasteiger partial charge is 0.366 e. The summed E-state index contributed by atoms with van der Waals surface area (Å²) in [5.74, 6) is 7.15. The standard InChI is InChI=1S/C14H18ClN5/c1-9(2)12-13(18-8-19-14(12)20-16)17-7-10-5-3-4-6-11(10)15/h3-6,8-9H,7,16H2,1-2H3,(H2,17,18,19,20). The third-order valence-corrected chi connectivity index (χ3v) is 3.37. The van der Waals surface area contributed by atoms with Gasteiger partial charge in [0.05, 0.1) is 0 Å². The number of hydrogen-bond acceptors (Lipinski definition) is 5. The lowest BCUT2D eigenvalue weighted by atomic mass is 10.0. The summed E-state index contributed by atoms with van der Waals surface area (Å²) in [4.78, 5) is 8.43. The van der Waals surface area contributed by atoms with Crippen LogP contribution in [0.3, 0.4) is 0 Å². The van der Waals surface area contributed by atoms with Crippen LogP contribution in [-0.2, 0) is 6.54 Å². The van der Waals surface area contributed by atoms with Gasteiger partial charge in [0, 0.05) is 17.1 Å². The van der Waals surface area contributed by atoms with E-state index < -0.39 is 0 Å². The van der Waals surface area contributed by atoms with Gasteiger partial charge in [0.1, 0.15) is 18.0 Å². The van der Waals surface area contributed by atoms with Gasteiger partial charge in [-0.2, -0.15) is 0 Å². The summed E-state index contributed by atoms with van der Waals surface area (Å²) < 4.78 is 0. The van der Waals surface area contributed by atoms with Gasteiger partial charge in [-0.25, -0.2) is 15.8 Å². The number of anilines is 2. The number of hydrazine groups is 1. The molecule has 1 heterocycles. The maximum absolute atomic E-state index is 6.15. The minimum Gasteiger partial charge on any atom is -0.366 e. The van der Waals surface area contributed by atoms with E-state index in [-0.39, 0.29) is 5.92 Å². The molecule has 0 saturated carbocycles. The third-order valence-electron chi connectivity index (χ3n) is 3.00. The Balaban J connectivity index is 2.24. The average Bonchev–Trinajstić information content (AvgIpc) is 2.45. The van der Waals surface area contributed by atoms with Crippen LogP contribution >= 0.6 is 11.6 Å². The Morgan fingerprint density at radius 1 is 1.20 bits per heavy atom. The highest BCUT2D eigenvalue weighted by Crippen LogP contribution is 2.28. The van der Waals surface area contributed by atoms with Crippen LogP contribution in [0.2, 0.25) is 5.02 Å². The van der Waals surface area contributed by atoms with Gasteiger partial charge < -0.3 is 10.7 Å². The van der Waals surface area contributed by atoms with Crippen molar-refractivity contribution in [2.75, 3.05) is 10.7 Å². The minimum absolute atomic E-state index is 0.246. The van der Waals surface area contributed by atoms with Crippen molar-refractivity contribution in [1.29, 1.82) is 0 Å². The monoisotopic (exact) mass is 291 g/mol. The van der Waals surface area contributed by atoms with E-state index in [1.54, 1.807) is 0 Å². The van der Waals surface area contributed by atoms with E-state index in [4.69, 9.17) is 17.4 Å². The van der Waals surface area contributed by atoms with Crippen LogP contribution in [0.4, 0.5) is 11.6 Å². The van der Waals surface area contributed by atoms with E-state index in [0.29, 0.717) is 12.4 Å². The van der Waals surface area contributed by atoms with Crippen molar-refractivity contribution in [2.45, 2.75) is 26.3 Å². The Morgan fingerprint density at radius 2 is 1.90 bits per heavy atom. The molecule has 6 heteroatoms. The van der Waals surface area contributed by atoms with Crippen LogP contribution in [0.25, 0.3) is 0 Å². The van der Waals surface area contributed by atoms with Crippen molar-refractivity contribution >= 4 is 23.2 Å². The lowest BCUT2D eigenvalue weighted by Gasteiger charge is -2.16. The first-order valence-electron chi connectivity index (χ1n) is 6.42. The molecule has 0 unspecified atom stereocenters. The Bertz CT molecular complexity index is 586. The molecule has 106 valence electrons. The summed E-state index contributed by atoms with van der Waals surface area (Å²) in [6, 6.07) is 7.72. The molecule has 0 bridgehead atoms. The normalized spacial score (nSPS) is 10.7. The molecular weight excluding hydrogens is 274 g/mol. The Morgan fingerprint density at radius 3 is 2.55 bits per heavy atom. The van der Waals surface area contributed by atoms with Gasteiger partial charge in [-0.3, -0.25) is 0 Å². The number of benzene rings is 1. The first kappa shape index (κ1) is 14.6. The molecule has 0 atom stereocenters. The van der Waals surface area contributed by atoms with Gasteiger partial charge in [0.15, 0.2) is 0 Å². The van der Waals surface area contributed by atoms with Gasteiger partial charge in [-0.1, -0.05) is 43.6 Å². The van der Waals surface area contributed by atoms with Crippen LogP contribution in [0, 0.1) is 0 Å². The molecular formula is C14H18ClN5. The second-order valence-corrected chi connectivity index (χ2v) is 5.14. The molecule has 0 radical (unpaired) electrons. The number of aromatic nitrogens is 2. The van der Waals surface area contributed by atoms with E-state index in [9.17, 15) is 0 Å². The SMILES string of the molecule is CC(C)c1c(NN)ncnc1NCc1ccccc1Cl. The van der Waals surface area contributed by atoms with Crippen molar-refractivity contribution in [3.63, 3.8) is 0 Å². The van der Waals surface area contributed by atoms with Gasteiger partial charge in [0.2, 0.25) is 0 Å². The van der Waals surface area contributed by atoms with Gasteiger partial charge in [0.25, 0.3) is 0 Å². The van der Waals surface area contributed by atoms with Gasteiger partial charge in [-0.05, 0) is 17.5 Å². The fraction of sp³-hybridized carbons (Fsp3) is 0.286. The minimum atomic E-state index is 0.246. The predicted octanol–water partition coefficient (Wildman–Crippen LogP) is 3.15. The van der Waals surface area contributed by atoms with E-state index in [1.165, 1.54) is 6.33 Å². The first-order chi connectivity index (χ1) is 9.63. The van der Waals surface area contributed by atoms with Crippen molar-refractivity contribution in [1.82, 2.24) is 9.97 Å². The number of rotatable bonds is 5. The smallest absolute Gasteiger partial charge is 0.148 e. The van der Waals surface area contributed by atoms with Crippen molar-refractivity contribution < 1.29 is 0 Å². The van der Waals surface area contributed by atoms with Crippen molar-refractivity contribution in [3.8, 4) is 0 Å². The average molecular weight is 292 g/mol. The number of nitrogens with one attached hydrogen (secondary N) is 2. The fourth-order valence-electron chi connectivity index (χ4n) is 2.02. The topological polar surface area (TPSA) is 75.9 Å². The highest BCUT2D eigenvalue weighted by Gasteiger charge is 2.14. The molecule has 2 aromatic rings. The van der Waals surface area contributed by atoms with Crippen LogP contribution in [0.15, 0.2) is 30.6 Å². The highest BCUT2D eigenvalue weighted by molar-refractivity contribution is 6.31. The lowest BCUT2D eigenvalue weighted by molar-refractivity contribution is 0.845. The summed E-state index contributed by atoms with van der Waals surface area (Å²) in [5, 5.41) is 4.03. The molecule has 0 fully saturated rings. The van der Waals surface area contributed by atoms with Crippen LogP contribution in [0.5, 0.6) is 0 Å². The summed E-state index contributed by atoms with van der Waals surface area (Å²) in [6.45, 7) is 4.74. The molecule has 5 nitrogen and oxygen atoms in total. The van der Waals surface area contributed by atoms with E-state index in [0.717, 1.165) is 22.0 Å². The van der Waals surface area contributed by atoms with Crippen LogP contribution in [-0.4, -0.2) is 9.97 Å². The molecule has 2 rings (SSSR count). The van der Waals surface area contributed by atoms with Crippen LogP contribution < -0.4 is 16.6 Å². The number of halogens is 1. The zero-order chi connectivity index (χ0) is 14.5. The zero-order valence-electron chi connectivity index (χ0n) is 11.5. The van der Waals surface area contributed by atoms with Crippen molar-refractivity contribution in [2.24, 2.45) is 5.84 Å².